The van der Waals surface area contributed by atoms with E-state index >= 15 is 0 Å². The van der Waals surface area contributed by atoms with Crippen molar-refractivity contribution < 1.29 is 14.6 Å². The summed E-state index contributed by atoms with van der Waals surface area (Å²) in [5.74, 6) is 0.978. The van der Waals surface area contributed by atoms with E-state index in [1.54, 1.807) is 24.3 Å². The summed E-state index contributed by atoms with van der Waals surface area (Å²) in [4.78, 5) is 0. The minimum absolute atomic E-state index is 0.0884. The van der Waals surface area contributed by atoms with Crippen LogP contribution in [-0.2, 0) is 0 Å². The van der Waals surface area contributed by atoms with Gasteiger partial charge in [-0.3, -0.25) is 0 Å². The van der Waals surface area contributed by atoms with Gasteiger partial charge in [-0.25, -0.2) is 0 Å². The normalized spacial score (nSPS) is 10.9. The molecule has 0 aliphatic heterocycles. The molecule has 0 unspecified atom stereocenters. The van der Waals surface area contributed by atoms with E-state index in [2.05, 4.69) is 0 Å². The molecule has 0 saturated heterocycles. The van der Waals surface area contributed by atoms with Crippen molar-refractivity contribution in [2.75, 3.05) is 14.2 Å². The highest BCUT2D eigenvalue weighted by Crippen LogP contribution is 2.34. The highest BCUT2D eigenvalue weighted by atomic mass is 35.5. The minimum Gasteiger partial charge on any atom is -0.504 e. The predicted molar refractivity (Wildman–Crippen MR) is 86.6 cm³/mol. The summed E-state index contributed by atoms with van der Waals surface area (Å²) >= 11 is 12.2. The van der Waals surface area contributed by atoms with Crippen LogP contribution in [0, 0.1) is 0 Å². The quantitative estimate of drug-likeness (QED) is 0.814. The Labute approximate surface area is 133 Å². The fourth-order valence-corrected chi connectivity index (χ4v) is 2.53. The summed E-state index contributed by atoms with van der Waals surface area (Å²) < 4.78 is 10.1. The maximum Gasteiger partial charge on any atom is 0.160 e. The molecule has 2 aromatic rings. The molecule has 0 saturated carbocycles. The van der Waals surface area contributed by atoms with Gasteiger partial charge in [-0.05, 0) is 35.4 Å². The molecule has 0 fully saturated rings. The highest BCUT2D eigenvalue weighted by molar-refractivity contribution is 6.37. The number of halogens is 2. The van der Waals surface area contributed by atoms with Gasteiger partial charge in [-0.15, -0.1) is 0 Å². The lowest BCUT2D eigenvalue weighted by molar-refractivity contribution is 0.373. The van der Waals surface area contributed by atoms with Gasteiger partial charge < -0.3 is 14.6 Å². The summed E-state index contributed by atoms with van der Waals surface area (Å²) in [5, 5.41) is 10.6. The van der Waals surface area contributed by atoms with Crippen LogP contribution in [0.2, 0.25) is 10.0 Å². The number of hydrogen-bond acceptors (Lipinski definition) is 3. The minimum atomic E-state index is 0.0884. The molecule has 0 aromatic heterocycles. The van der Waals surface area contributed by atoms with Crippen LogP contribution in [0.5, 0.6) is 17.2 Å². The van der Waals surface area contributed by atoms with Gasteiger partial charge >= 0.3 is 0 Å². The maximum atomic E-state index is 9.73. The molecule has 5 heteroatoms. The van der Waals surface area contributed by atoms with Crippen molar-refractivity contribution >= 4 is 35.4 Å². The first-order chi connectivity index (χ1) is 10.0. The fourth-order valence-electron chi connectivity index (χ4n) is 1.87. The zero-order valence-corrected chi connectivity index (χ0v) is 13.1. The topological polar surface area (TPSA) is 38.7 Å². The molecule has 2 rings (SSSR count). The van der Waals surface area contributed by atoms with Gasteiger partial charge in [0.2, 0.25) is 0 Å². The van der Waals surface area contributed by atoms with Gasteiger partial charge in [-0.1, -0.05) is 41.4 Å². The van der Waals surface area contributed by atoms with E-state index in [0.29, 0.717) is 21.5 Å². The summed E-state index contributed by atoms with van der Waals surface area (Å²) in [6.07, 6.45) is 3.69. The van der Waals surface area contributed by atoms with Crippen LogP contribution in [0.15, 0.2) is 30.3 Å². The molecular formula is C16H14Cl2O3. The lowest BCUT2D eigenvalue weighted by Gasteiger charge is -2.06. The van der Waals surface area contributed by atoms with E-state index in [1.807, 2.05) is 18.2 Å². The maximum absolute atomic E-state index is 9.73. The molecule has 0 bridgehead atoms. The Balaban J connectivity index is 2.27. The molecule has 0 aliphatic carbocycles. The Hall–Kier alpha value is -1.84. The first-order valence-corrected chi connectivity index (χ1v) is 6.89. The largest absolute Gasteiger partial charge is 0.504 e. The van der Waals surface area contributed by atoms with Gasteiger partial charge in [0.25, 0.3) is 0 Å². The van der Waals surface area contributed by atoms with Crippen molar-refractivity contribution in [1.29, 1.82) is 0 Å². The SMILES string of the molecule is COc1ccc(/C=C\c2cc(Cl)c(OC)c(Cl)c2)cc1O. The third kappa shape index (κ3) is 3.63. The van der Waals surface area contributed by atoms with Crippen LogP contribution in [0.1, 0.15) is 11.1 Å². The third-order valence-corrected chi connectivity index (χ3v) is 3.46. The molecule has 21 heavy (non-hydrogen) atoms. The van der Waals surface area contributed by atoms with Gasteiger partial charge in [-0.2, -0.15) is 0 Å². The summed E-state index contributed by atoms with van der Waals surface area (Å²) in [6, 6.07) is 8.66. The van der Waals surface area contributed by atoms with E-state index in [0.717, 1.165) is 11.1 Å². The van der Waals surface area contributed by atoms with Crippen molar-refractivity contribution in [1.82, 2.24) is 0 Å². The van der Waals surface area contributed by atoms with Crippen molar-refractivity contribution in [3.63, 3.8) is 0 Å². The highest BCUT2D eigenvalue weighted by Gasteiger charge is 2.07. The zero-order valence-electron chi connectivity index (χ0n) is 11.6. The Morgan fingerprint density at radius 2 is 1.52 bits per heavy atom. The van der Waals surface area contributed by atoms with Crippen LogP contribution in [0.3, 0.4) is 0 Å². The summed E-state index contributed by atoms with van der Waals surface area (Å²) in [5.41, 5.74) is 1.66. The summed E-state index contributed by atoms with van der Waals surface area (Å²) in [6.45, 7) is 0. The van der Waals surface area contributed by atoms with Crippen LogP contribution in [0.4, 0.5) is 0 Å². The Kier molecular flexibility index (Phi) is 4.99. The average Bonchev–Trinajstić information content (AvgIpc) is 2.45. The summed E-state index contributed by atoms with van der Waals surface area (Å²) in [7, 11) is 3.02. The van der Waals surface area contributed by atoms with Crippen LogP contribution >= 0.6 is 23.2 Å². The predicted octanol–water partition coefficient (Wildman–Crippen LogP) is 4.89. The van der Waals surface area contributed by atoms with Crippen molar-refractivity contribution in [2.24, 2.45) is 0 Å². The van der Waals surface area contributed by atoms with Gasteiger partial charge in [0.05, 0.1) is 24.3 Å². The number of ether oxygens (including phenoxy) is 2. The van der Waals surface area contributed by atoms with Gasteiger partial charge in [0.15, 0.2) is 17.2 Å². The van der Waals surface area contributed by atoms with E-state index < -0.39 is 0 Å². The lowest BCUT2D eigenvalue weighted by atomic mass is 10.1. The number of rotatable bonds is 4. The van der Waals surface area contributed by atoms with Crippen molar-refractivity contribution in [2.45, 2.75) is 0 Å². The first-order valence-electron chi connectivity index (χ1n) is 6.13. The van der Waals surface area contributed by atoms with Crippen molar-refractivity contribution in [3.05, 3.63) is 51.5 Å². The van der Waals surface area contributed by atoms with Crippen molar-refractivity contribution in [3.8, 4) is 17.2 Å². The molecule has 0 radical (unpaired) electrons. The van der Waals surface area contributed by atoms with Gasteiger partial charge in [0.1, 0.15) is 0 Å². The van der Waals surface area contributed by atoms with Crippen LogP contribution in [-0.4, -0.2) is 19.3 Å². The molecule has 2 aromatic carbocycles. The van der Waals surface area contributed by atoms with Crippen LogP contribution in [0.25, 0.3) is 12.2 Å². The zero-order chi connectivity index (χ0) is 15.4. The Morgan fingerprint density at radius 3 is 2.05 bits per heavy atom. The molecule has 3 nitrogen and oxygen atoms in total. The number of aromatic hydroxyl groups is 1. The smallest absolute Gasteiger partial charge is 0.160 e. The molecule has 0 amide bonds. The molecule has 110 valence electrons. The number of phenolic OH excluding ortho intramolecular Hbond substituents is 1. The second kappa shape index (κ2) is 6.74. The van der Waals surface area contributed by atoms with E-state index in [-0.39, 0.29) is 5.75 Å². The van der Waals surface area contributed by atoms with Crippen LogP contribution < -0.4 is 9.47 Å². The van der Waals surface area contributed by atoms with E-state index in [1.165, 1.54) is 14.2 Å². The van der Waals surface area contributed by atoms with E-state index in [4.69, 9.17) is 32.7 Å². The molecule has 0 spiro atoms. The number of phenols is 1. The Morgan fingerprint density at radius 1 is 0.905 bits per heavy atom. The Bertz CT molecular complexity index is 658. The second-order valence-electron chi connectivity index (χ2n) is 4.28. The fraction of sp³-hybridized carbons (Fsp3) is 0.125. The number of methoxy groups -OCH3 is 2. The molecular weight excluding hydrogens is 311 g/mol. The molecule has 0 heterocycles. The number of hydrogen-bond donors (Lipinski definition) is 1. The van der Waals surface area contributed by atoms with Gasteiger partial charge in [0, 0.05) is 0 Å². The first kappa shape index (κ1) is 15.5. The lowest BCUT2D eigenvalue weighted by Crippen LogP contribution is -1.86. The number of benzene rings is 2. The van der Waals surface area contributed by atoms with E-state index in [9.17, 15) is 5.11 Å². The average molecular weight is 325 g/mol. The monoisotopic (exact) mass is 324 g/mol. The standard InChI is InChI=1S/C16H14Cl2O3/c1-20-15-6-5-10(9-14(15)19)3-4-11-7-12(17)16(21-2)13(18)8-11/h3-9,19H,1-2H3/b4-3-. The molecule has 1 N–H and O–H groups in total. The second-order valence-corrected chi connectivity index (χ2v) is 5.10. The molecule has 0 atom stereocenters. The molecule has 0 aliphatic rings. The third-order valence-electron chi connectivity index (χ3n) is 2.90.